The highest BCUT2D eigenvalue weighted by atomic mass is 16.5. The Morgan fingerprint density at radius 1 is 1.19 bits per heavy atom. The van der Waals surface area contributed by atoms with Crippen LogP contribution in [0.4, 0.5) is 10.5 Å². The first-order valence-electron chi connectivity index (χ1n) is 9.38. The molecule has 0 aliphatic carbocycles. The number of nitrogens with zero attached hydrogens (tertiary/aromatic N) is 1. The summed E-state index contributed by atoms with van der Waals surface area (Å²) in [5, 5.41) is 6.44. The molecule has 27 heavy (non-hydrogen) atoms. The first-order valence-corrected chi connectivity index (χ1v) is 9.38. The van der Waals surface area contributed by atoms with Crippen LogP contribution in [0, 0.1) is 0 Å². The minimum absolute atomic E-state index is 0.0402. The molecule has 5 heteroatoms. The number of hydrogen-bond acceptors (Lipinski definition) is 3. The molecule has 2 heterocycles. The Labute approximate surface area is 160 Å². The minimum Gasteiger partial charge on any atom is -0.497 e. The second-order valence-corrected chi connectivity index (χ2v) is 7.05. The third-order valence-corrected chi connectivity index (χ3v) is 5.49. The van der Waals surface area contributed by atoms with Crippen LogP contribution >= 0.6 is 0 Å². The van der Waals surface area contributed by atoms with Crippen LogP contribution in [0.15, 0.2) is 54.6 Å². The van der Waals surface area contributed by atoms with Gasteiger partial charge in [0, 0.05) is 30.8 Å². The van der Waals surface area contributed by atoms with Crippen LogP contribution in [0.2, 0.25) is 0 Å². The number of allylic oxidation sites excluding steroid dienone is 1. The highest BCUT2D eigenvalue weighted by molar-refractivity contribution is 5.91. The molecule has 0 saturated carbocycles. The first kappa shape index (κ1) is 17.6. The van der Waals surface area contributed by atoms with Crippen molar-refractivity contribution in [3.8, 4) is 5.75 Å². The molecule has 0 spiro atoms. The number of urea groups is 1. The van der Waals surface area contributed by atoms with Gasteiger partial charge in [-0.25, -0.2) is 4.79 Å². The van der Waals surface area contributed by atoms with E-state index in [-0.39, 0.29) is 18.1 Å². The fraction of sp³-hybridized carbons (Fsp3) is 0.318. The van der Waals surface area contributed by atoms with Crippen LogP contribution < -0.4 is 15.4 Å². The quantitative estimate of drug-likeness (QED) is 0.871. The van der Waals surface area contributed by atoms with Gasteiger partial charge in [0.2, 0.25) is 0 Å². The summed E-state index contributed by atoms with van der Waals surface area (Å²) in [5.41, 5.74) is 3.27. The summed E-state index contributed by atoms with van der Waals surface area (Å²) >= 11 is 0. The predicted molar refractivity (Wildman–Crippen MR) is 108 cm³/mol. The number of hydrogen-bond donors (Lipinski definition) is 2. The predicted octanol–water partition coefficient (Wildman–Crippen LogP) is 3.70. The topological polar surface area (TPSA) is 53.6 Å². The number of carbonyl (C=O) groups excluding carboxylic acids is 1. The summed E-state index contributed by atoms with van der Waals surface area (Å²) in [6.07, 6.45) is 4.14. The van der Waals surface area contributed by atoms with Crippen LogP contribution in [-0.4, -0.2) is 43.2 Å². The molecule has 0 aromatic heterocycles. The van der Waals surface area contributed by atoms with Gasteiger partial charge in [-0.2, -0.15) is 0 Å². The van der Waals surface area contributed by atoms with E-state index in [0.717, 1.165) is 24.5 Å². The Morgan fingerprint density at radius 2 is 1.93 bits per heavy atom. The molecule has 140 valence electrons. The normalized spacial score (nSPS) is 23.8. The van der Waals surface area contributed by atoms with Gasteiger partial charge in [0.15, 0.2) is 0 Å². The molecule has 2 aliphatic rings. The van der Waals surface area contributed by atoms with E-state index in [1.54, 1.807) is 7.11 Å². The van der Waals surface area contributed by atoms with E-state index >= 15 is 0 Å². The van der Waals surface area contributed by atoms with Gasteiger partial charge in [-0.15, -0.1) is 0 Å². The molecule has 5 nitrogen and oxygen atoms in total. The average molecular weight is 363 g/mol. The molecule has 2 N–H and O–H groups in total. The van der Waals surface area contributed by atoms with E-state index in [1.165, 1.54) is 11.1 Å². The number of anilines is 1. The fourth-order valence-electron chi connectivity index (χ4n) is 4.23. The highest BCUT2D eigenvalue weighted by Gasteiger charge is 2.53. The number of carbonyl (C=O) groups is 1. The maximum Gasteiger partial charge on any atom is 0.322 e. The zero-order valence-corrected chi connectivity index (χ0v) is 15.7. The lowest BCUT2D eigenvalue weighted by molar-refractivity contribution is 0.00201. The number of methoxy groups -OCH3 is 1. The number of piperazine rings is 1. The molecule has 2 aromatic carbocycles. The molecule has 2 bridgehead atoms. The van der Waals surface area contributed by atoms with Gasteiger partial charge in [0.25, 0.3) is 0 Å². The zero-order valence-electron chi connectivity index (χ0n) is 15.7. The van der Waals surface area contributed by atoms with E-state index in [1.807, 2.05) is 42.2 Å². The lowest BCUT2D eigenvalue weighted by Gasteiger charge is -2.59. The second kappa shape index (κ2) is 7.45. The van der Waals surface area contributed by atoms with Crippen LogP contribution in [0.1, 0.15) is 24.0 Å². The van der Waals surface area contributed by atoms with Gasteiger partial charge in [0.05, 0.1) is 19.2 Å². The molecule has 2 aromatic rings. The summed E-state index contributed by atoms with van der Waals surface area (Å²) in [6.45, 7) is 3.67. The number of benzene rings is 2. The van der Waals surface area contributed by atoms with E-state index in [9.17, 15) is 4.79 Å². The number of fused-ring (bicyclic) bond motifs is 2. The van der Waals surface area contributed by atoms with Gasteiger partial charge in [-0.1, -0.05) is 42.5 Å². The van der Waals surface area contributed by atoms with Gasteiger partial charge in [-0.3, -0.25) is 0 Å². The lowest BCUT2D eigenvalue weighted by Crippen LogP contribution is -2.74. The summed E-state index contributed by atoms with van der Waals surface area (Å²) in [5.74, 6) is 1.12. The Kier molecular flexibility index (Phi) is 4.86. The Balaban J connectivity index is 1.48. The van der Waals surface area contributed by atoms with E-state index < -0.39 is 0 Å². The highest BCUT2D eigenvalue weighted by Crippen LogP contribution is 2.43. The summed E-state index contributed by atoms with van der Waals surface area (Å²) in [6, 6.07) is 16.5. The van der Waals surface area contributed by atoms with Crippen molar-refractivity contribution in [3.63, 3.8) is 0 Å². The maximum atomic E-state index is 12.9. The average Bonchev–Trinajstić information content (AvgIpc) is 2.70. The van der Waals surface area contributed by atoms with Crippen molar-refractivity contribution >= 4 is 17.8 Å². The lowest BCUT2D eigenvalue weighted by atomic mass is 9.72. The minimum atomic E-state index is -0.0402. The van der Waals surface area contributed by atoms with Crippen molar-refractivity contribution in [2.24, 2.45) is 0 Å². The maximum absolute atomic E-state index is 12.9. The molecule has 3 atom stereocenters. The van der Waals surface area contributed by atoms with Gasteiger partial charge in [0.1, 0.15) is 5.75 Å². The summed E-state index contributed by atoms with van der Waals surface area (Å²) < 4.78 is 5.23. The largest absolute Gasteiger partial charge is 0.497 e. The number of ether oxygens (including phenoxy) is 1. The van der Waals surface area contributed by atoms with Crippen LogP contribution in [-0.2, 0) is 0 Å². The molecular formula is C22H25N3O2. The molecule has 4 rings (SSSR count). The third kappa shape index (κ3) is 3.30. The number of likely N-dealkylation sites (tertiary alicyclic amines) is 1. The van der Waals surface area contributed by atoms with Crippen molar-refractivity contribution in [1.82, 2.24) is 10.2 Å². The van der Waals surface area contributed by atoms with E-state index in [4.69, 9.17) is 4.74 Å². The molecule has 2 aliphatic heterocycles. The third-order valence-electron chi connectivity index (χ3n) is 5.49. The van der Waals surface area contributed by atoms with Crippen molar-refractivity contribution in [3.05, 3.63) is 65.7 Å². The Morgan fingerprint density at radius 3 is 2.59 bits per heavy atom. The SMILES string of the molecule is CC=Cc1ccc(C2[C@H]3CNC[C@@H]2N3C(=O)Nc2cccc(OC)c2)cc1. The number of rotatable bonds is 4. The van der Waals surface area contributed by atoms with E-state index in [0.29, 0.717) is 5.92 Å². The van der Waals surface area contributed by atoms with Crippen molar-refractivity contribution in [2.75, 3.05) is 25.5 Å². The van der Waals surface area contributed by atoms with Crippen molar-refractivity contribution in [1.29, 1.82) is 0 Å². The standard InChI is InChI=1S/C22H25N3O2/c1-3-5-15-8-10-16(11-9-15)21-19-13-23-14-20(21)25(19)22(26)24-17-6-4-7-18(12-17)27-2/h3-12,19-21,23H,13-14H2,1-2H3,(H,24,26)/t19-,20+,21?. The number of nitrogens with one attached hydrogen (secondary N) is 2. The van der Waals surface area contributed by atoms with Crippen molar-refractivity contribution < 1.29 is 9.53 Å². The van der Waals surface area contributed by atoms with Crippen molar-refractivity contribution in [2.45, 2.75) is 24.9 Å². The molecule has 2 saturated heterocycles. The molecule has 2 amide bonds. The van der Waals surface area contributed by atoms with Gasteiger partial charge >= 0.3 is 6.03 Å². The molecule has 2 fully saturated rings. The van der Waals surface area contributed by atoms with Crippen LogP contribution in [0.3, 0.4) is 0 Å². The molecular weight excluding hydrogens is 338 g/mol. The first-order chi connectivity index (χ1) is 13.2. The van der Waals surface area contributed by atoms with Crippen LogP contribution in [0.25, 0.3) is 6.08 Å². The van der Waals surface area contributed by atoms with Crippen LogP contribution in [0.5, 0.6) is 5.75 Å². The molecule has 1 unspecified atom stereocenters. The monoisotopic (exact) mass is 363 g/mol. The summed E-state index contributed by atoms with van der Waals surface area (Å²) in [7, 11) is 1.62. The molecule has 0 radical (unpaired) electrons. The van der Waals surface area contributed by atoms with E-state index in [2.05, 4.69) is 41.0 Å². The Hall–Kier alpha value is -2.79. The van der Waals surface area contributed by atoms with Gasteiger partial charge in [-0.05, 0) is 30.2 Å². The number of amides is 2. The smallest absolute Gasteiger partial charge is 0.322 e. The second-order valence-electron chi connectivity index (χ2n) is 7.05. The fourth-order valence-corrected chi connectivity index (χ4v) is 4.23. The zero-order chi connectivity index (χ0) is 18.8. The summed E-state index contributed by atoms with van der Waals surface area (Å²) in [4.78, 5) is 14.8. The Bertz CT molecular complexity index is 835. The van der Waals surface area contributed by atoms with Gasteiger partial charge < -0.3 is 20.3 Å². The number of piperidine rings is 1.